The topological polar surface area (TPSA) is 58.2 Å². The molecule has 1 aliphatic rings. The highest BCUT2D eigenvalue weighted by Crippen LogP contribution is 2.23. The lowest BCUT2D eigenvalue weighted by molar-refractivity contribution is -0.120. The van der Waals surface area contributed by atoms with Gasteiger partial charge in [-0.05, 0) is 17.2 Å². The molecule has 2 rings (SSSR count). The van der Waals surface area contributed by atoms with E-state index in [9.17, 15) is 9.59 Å². The summed E-state index contributed by atoms with van der Waals surface area (Å²) in [5.41, 5.74) is 2.73. The Morgan fingerprint density at radius 2 is 2.35 bits per heavy atom. The molecule has 0 aliphatic carbocycles. The maximum atomic E-state index is 11.5. The molecule has 0 saturated heterocycles. The van der Waals surface area contributed by atoms with Crippen molar-refractivity contribution in [1.82, 2.24) is 5.32 Å². The van der Waals surface area contributed by atoms with Gasteiger partial charge >= 0.3 is 0 Å². The van der Waals surface area contributed by atoms with Crippen LogP contribution >= 0.6 is 0 Å². The van der Waals surface area contributed by atoms with Crippen molar-refractivity contribution in [3.63, 3.8) is 0 Å². The summed E-state index contributed by atoms with van der Waals surface area (Å²) in [5.74, 6) is -0.0320. The Balaban J connectivity index is 2.03. The van der Waals surface area contributed by atoms with Crippen LogP contribution in [0.2, 0.25) is 0 Å². The van der Waals surface area contributed by atoms with Crippen molar-refractivity contribution in [3.8, 4) is 0 Å². The molecule has 0 spiro atoms. The van der Waals surface area contributed by atoms with Crippen LogP contribution in [0.1, 0.15) is 11.1 Å². The van der Waals surface area contributed by atoms with Gasteiger partial charge < -0.3 is 10.6 Å². The smallest absolute Gasteiger partial charge is 0.228 e. The van der Waals surface area contributed by atoms with Gasteiger partial charge in [-0.2, -0.15) is 0 Å². The highest BCUT2D eigenvalue weighted by Gasteiger charge is 2.17. The summed E-state index contributed by atoms with van der Waals surface area (Å²) < 4.78 is 0. The molecule has 4 nitrogen and oxygen atoms in total. The molecule has 4 heteroatoms. The van der Waals surface area contributed by atoms with Crippen LogP contribution in [-0.2, 0) is 22.4 Å². The number of rotatable bonds is 4. The number of carbonyl (C=O) groups excluding carboxylic acids is 2. The fourth-order valence-corrected chi connectivity index (χ4v) is 1.83. The predicted molar refractivity (Wildman–Crippen MR) is 65.7 cm³/mol. The zero-order chi connectivity index (χ0) is 12.3. The molecule has 1 aromatic carbocycles. The van der Waals surface area contributed by atoms with Crippen LogP contribution in [0.5, 0.6) is 0 Å². The summed E-state index contributed by atoms with van der Waals surface area (Å²) in [7, 11) is 0. The van der Waals surface area contributed by atoms with Crippen molar-refractivity contribution in [2.45, 2.75) is 12.8 Å². The van der Waals surface area contributed by atoms with Crippen molar-refractivity contribution in [3.05, 3.63) is 42.0 Å². The Morgan fingerprint density at radius 3 is 3.12 bits per heavy atom. The summed E-state index contributed by atoms with van der Waals surface area (Å²) in [6, 6.07) is 5.61. The lowest BCUT2D eigenvalue weighted by Crippen LogP contribution is -2.24. The van der Waals surface area contributed by atoms with Crippen LogP contribution in [0.4, 0.5) is 5.69 Å². The first-order valence-corrected chi connectivity index (χ1v) is 5.48. The zero-order valence-corrected chi connectivity index (χ0v) is 9.45. The van der Waals surface area contributed by atoms with Crippen molar-refractivity contribution in [1.29, 1.82) is 0 Å². The van der Waals surface area contributed by atoms with Gasteiger partial charge in [-0.3, -0.25) is 9.59 Å². The second-order valence-corrected chi connectivity index (χ2v) is 3.99. The Bertz CT molecular complexity index is 480. The number of fused-ring (bicyclic) bond motifs is 1. The van der Waals surface area contributed by atoms with E-state index in [1.54, 1.807) is 6.08 Å². The minimum absolute atomic E-state index is 0.00765. The minimum atomic E-state index is -0.0397. The number of nitrogens with one attached hydrogen (secondary N) is 2. The van der Waals surface area contributed by atoms with E-state index in [1.807, 2.05) is 18.2 Å². The highest BCUT2D eigenvalue weighted by molar-refractivity contribution is 5.99. The van der Waals surface area contributed by atoms with E-state index < -0.39 is 0 Å². The van der Waals surface area contributed by atoms with Gasteiger partial charge in [0.2, 0.25) is 11.8 Å². The molecule has 2 N–H and O–H groups in total. The SMILES string of the molecule is C=CCNC(=O)Cc1ccc2c(c1)CC(=O)N2. The van der Waals surface area contributed by atoms with E-state index in [0.29, 0.717) is 19.4 Å². The van der Waals surface area contributed by atoms with Gasteiger partial charge in [0.1, 0.15) is 0 Å². The van der Waals surface area contributed by atoms with E-state index >= 15 is 0 Å². The zero-order valence-electron chi connectivity index (χ0n) is 9.45. The van der Waals surface area contributed by atoms with Crippen LogP contribution in [0.15, 0.2) is 30.9 Å². The predicted octanol–water partition coefficient (Wildman–Crippen LogP) is 1.03. The molecular weight excluding hydrogens is 216 g/mol. The van der Waals surface area contributed by atoms with Crippen LogP contribution in [0.3, 0.4) is 0 Å². The van der Waals surface area contributed by atoms with Crippen LogP contribution in [0.25, 0.3) is 0 Å². The largest absolute Gasteiger partial charge is 0.352 e. The molecule has 2 amide bonds. The van der Waals surface area contributed by atoms with Crippen LogP contribution in [-0.4, -0.2) is 18.4 Å². The second-order valence-electron chi connectivity index (χ2n) is 3.99. The molecule has 1 aliphatic heterocycles. The van der Waals surface area contributed by atoms with Crippen LogP contribution in [0, 0.1) is 0 Å². The molecule has 0 saturated carbocycles. The van der Waals surface area contributed by atoms with Gasteiger partial charge in [-0.25, -0.2) is 0 Å². The highest BCUT2D eigenvalue weighted by atomic mass is 16.2. The van der Waals surface area contributed by atoms with E-state index in [4.69, 9.17) is 0 Å². The van der Waals surface area contributed by atoms with Gasteiger partial charge in [0, 0.05) is 12.2 Å². The number of benzene rings is 1. The lowest BCUT2D eigenvalue weighted by atomic mass is 10.1. The van der Waals surface area contributed by atoms with Gasteiger partial charge in [-0.15, -0.1) is 6.58 Å². The standard InChI is InChI=1S/C13H14N2O2/c1-2-5-14-12(16)7-9-3-4-11-10(6-9)8-13(17)15-11/h2-4,6H,1,5,7-8H2,(H,14,16)(H,15,17). The lowest BCUT2D eigenvalue weighted by Gasteiger charge is -2.04. The third-order valence-corrected chi connectivity index (χ3v) is 2.60. The van der Waals surface area contributed by atoms with Gasteiger partial charge in [-0.1, -0.05) is 18.2 Å². The first kappa shape index (κ1) is 11.4. The Kier molecular flexibility index (Phi) is 3.23. The molecule has 0 unspecified atom stereocenters. The molecule has 88 valence electrons. The maximum absolute atomic E-state index is 11.5. The van der Waals surface area contributed by atoms with Crippen molar-refractivity contribution in [2.75, 3.05) is 11.9 Å². The summed E-state index contributed by atoms with van der Waals surface area (Å²) >= 11 is 0. The summed E-state index contributed by atoms with van der Waals surface area (Å²) in [4.78, 5) is 22.7. The molecule has 0 aromatic heterocycles. The third kappa shape index (κ3) is 2.72. The van der Waals surface area contributed by atoms with Crippen molar-refractivity contribution < 1.29 is 9.59 Å². The Labute approximate surface area is 99.7 Å². The van der Waals surface area contributed by atoms with Crippen LogP contribution < -0.4 is 10.6 Å². The fraction of sp³-hybridized carbons (Fsp3) is 0.231. The molecule has 1 heterocycles. The van der Waals surface area contributed by atoms with E-state index in [0.717, 1.165) is 16.8 Å². The molecule has 0 radical (unpaired) electrons. The molecule has 17 heavy (non-hydrogen) atoms. The normalized spacial score (nSPS) is 12.8. The molecule has 0 atom stereocenters. The number of hydrogen-bond acceptors (Lipinski definition) is 2. The third-order valence-electron chi connectivity index (χ3n) is 2.60. The average molecular weight is 230 g/mol. The monoisotopic (exact) mass is 230 g/mol. The summed E-state index contributed by atoms with van der Waals surface area (Å²) in [6.07, 6.45) is 2.37. The quantitative estimate of drug-likeness (QED) is 0.759. The van der Waals surface area contributed by atoms with Gasteiger partial charge in [0.05, 0.1) is 12.8 Å². The average Bonchev–Trinajstić information content (AvgIpc) is 2.65. The molecule has 0 fully saturated rings. The first-order valence-electron chi connectivity index (χ1n) is 5.48. The number of hydrogen-bond donors (Lipinski definition) is 2. The maximum Gasteiger partial charge on any atom is 0.228 e. The minimum Gasteiger partial charge on any atom is -0.352 e. The fourth-order valence-electron chi connectivity index (χ4n) is 1.83. The van der Waals surface area contributed by atoms with E-state index in [2.05, 4.69) is 17.2 Å². The number of anilines is 1. The number of carbonyl (C=O) groups is 2. The molecule has 0 bridgehead atoms. The Hall–Kier alpha value is -2.10. The van der Waals surface area contributed by atoms with E-state index in [1.165, 1.54) is 0 Å². The summed E-state index contributed by atoms with van der Waals surface area (Å²) in [6.45, 7) is 4.01. The molecular formula is C13H14N2O2. The number of amides is 2. The van der Waals surface area contributed by atoms with E-state index in [-0.39, 0.29) is 11.8 Å². The van der Waals surface area contributed by atoms with Crippen molar-refractivity contribution >= 4 is 17.5 Å². The summed E-state index contributed by atoms with van der Waals surface area (Å²) in [5, 5.41) is 5.48. The van der Waals surface area contributed by atoms with Gasteiger partial charge in [0.25, 0.3) is 0 Å². The first-order chi connectivity index (χ1) is 8.19. The Morgan fingerprint density at radius 1 is 1.53 bits per heavy atom. The van der Waals surface area contributed by atoms with Crippen molar-refractivity contribution in [2.24, 2.45) is 0 Å². The molecule has 1 aromatic rings. The second kappa shape index (κ2) is 4.82. The van der Waals surface area contributed by atoms with Gasteiger partial charge in [0.15, 0.2) is 0 Å².